The Kier molecular flexibility index (Phi) is 5.44. The van der Waals surface area contributed by atoms with Crippen molar-refractivity contribution in [1.29, 1.82) is 0 Å². The average molecular weight is 334 g/mol. The summed E-state index contributed by atoms with van der Waals surface area (Å²) in [7, 11) is -1.93. The topological polar surface area (TPSA) is 71.0 Å². The van der Waals surface area contributed by atoms with Crippen LogP contribution < -0.4 is 10.5 Å². The van der Waals surface area contributed by atoms with Gasteiger partial charge in [0.15, 0.2) is 9.84 Å². The van der Waals surface area contributed by atoms with Crippen LogP contribution in [-0.4, -0.2) is 22.1 Å². The number of hydrogen-bond donors (Lipinski definition) is 1. The van der Waals surface area contributed by atoms with Crippen LogP contribution in [0.2, 0.25) is 0 Å². The molecule has 1 atom stereocenters. The predicted molar refractivity (Wildman–Crippen MR) is 91.2 cm³/mol. The molecule has 0 fully saturated rings. The first-order valence-electron chi connectivity index (χ1n) is 7.67. The lowest BCUT2D eigenvalue weighted by Crippen LogP contribution is -2.54. The molecule has 0 saturated carbocycles. The Morgan fingerprint density at radius 3 is 1.91 bits per heavy atom. The Labute approximate surface area is 138 Å². The molecule has 0 radical (unpaired) electrons. The van der Waals surface area contributed by atoms with Crippen LogP contribution in [0.5, 0.6) is 5.75 Å². The van der Waals surface area contributed by atoms with Gasteiger partial charge in [0, 0.05) is 0 Å². The molecule has 0 saturated heterocycles. The van der Waals surface area contributed by atoms with Gasteiger partial charge in [-0.2, -0.15) is 0 Å². The van der Waals surface area contributed by atoms with Gasteiger partial charge in [-0.3, -0.25) is 0 Å². The Morgan fingerprint density at radius 1 is 0.957 bits per heavy atom. The fourth-order valence-corrected chi connectivity index (χ4v) is 4.20. The third kappa shape index (κ3) is 3.74. The fourth-order valence-electron chi connectivity index (χ4n) is 2.53. The van der Waals surface area contributed by atoms with Crippen LogP contribution in [0.4, 0.5) is 0 Å². The second kappa shape index (κ2) is 7.15. The zero-order valence-electron chi connectivity index (χ0n) is 13.8. The SMILES string of the molecule is COc1ccc(S(=O)(=O)[C@@H](C[NH3+])c2ccc(C(C)C)cc2)cc1. The summed E-state index contributed by atoms with van der Waals surface area (Å²) in [6.45, 7) is 4.51. The van der Waals surface area contributed by atoms with Crippen molar-refractivity contribution in [3.05, 3.63) is 59.7 Å². The zero-order chi connectivity index (χ0) is 17.0. The third-order valence-electron chi connectivity index (χ3n) is 4.00. The van der Waals surface area contributed by atoms with Crippen LogP contribution >= 0.6 is 0 Å². The van der Waals surface area contributed by atoms with E-state index < -0.39 is 15.1 Å². The van der Waals surface area contributed by atoms with Crippen molar-refractivity contribution < 1.29 is 18.9 Å². The van der Waals surface area contributed by atoms with Gasteiger partial charge in [0.05, 0.1) is 18.6 Å². The first-order valence-corrected chi connectivity index (χ1v) is 9.21. The number of hydrogen-bond acceptors (Lipinski definition) is 3. The molecule has 0 heterocycles. The van der Waals surface area contributed by atoms with Crippen LogP contribution in [0.1, 0.15) is 36.1 Å². The summed E-state index contributed by atoms with van der Waals surface area (Å²) in [6, 6.07) is 14.3. The number of sulfone groups is 1. The molecule has 0 bridgehead atoms. The van der Waals surface area contributed by atoms with Gasteiger partial charge in [-0.1, -0.05) is 38.1 Å². The van der Waals surface area contributed by atoms with E-state index in [-0.39, 0.29) is 6.54 Å². The number of quaternary nitrogens is 1. The molecule has 2 aromatic rings. The normalized spacial score (nSPS) is 13.1. The summed E-state index contributed by atoms with van der Waals surface area (Å²) >= 11 is 0. The first kappa shape index (κ1) is 17.5. The van der Waals surface area contributed by atoms with Crippen molar-refractivity contribution in [2.45, 2.75) is 29.9 Å². The highest BCUT2D eigenvalue weighted by molar-refractivity contribution is 7.91. The largest absolute Gasteiger partial charge is 0.497 e. The smallest absolute Gasteiger partial charge is 0.190 e. The predicted octanol–water partition coefficient (Wildman–Crippen LogP) is 2.58. The van der Waals surface area contributed by atoms with Gasteiger partial charge in [-0.15, -0.1) is 0 Å². The maximum atomic E-state index is 12.9. The van der Waals surface area contributed by atoms with Crippen LogP contribution in [0.25, 0.3) is 0 Å². The molecule has 3 N–H and O–H groups in total. The Hall–Kier alpha value is -1.85. The van der Waals surface area contributed by atoms with Gasteiger partial charge in [0.25, 0.3) is 0 Å². The van der Waals surface area contributed by atoms with Crippen molar-refractivity contribution in [2.75, 3.05) is 13.7 Å². The molecule has 2 aromatic carbocycles. The van der Waals surface area contributed by atoms with Crippen LogP contribution in [0.3, 0.4) is 0 Å². The second-order valence-corrected chi connectivity index (χ2v) is 7.95. The van der Waals surface area contributed by atoms with Crippen LogP contribution in [0.15, 0.2) is 53.4 Å². The lowest BCUT2D eigenvalue weighted by atomic mass is 10.0. The van der Waals surface area contributed by atoms with E-state index in [1.54, 1.807) is 31.4 Å². The molecule has 4 nitrogen and oxygen atoms in total. The molecule has 0 aliphatic rings. The van der Waals surface area contributed by atoms with Gasteiger partial charge >= 0.3 is 0 Å². The Morgan fingerprint density at radius 2 is 1.48 bits per heavy atom. The van der Waals surface area contributed by atoms with E-state index in [0.29, 0.717) is 16.6 Å². The summed E-state index contributed by atoms with van der Waals surface area (Å²) in [5.74, 6) is 1.05. The van der Waals surface area contributed by atoms with Gasteiger partial charge in [0.1, 0.15) is 11.0 Å². The molecule has 124 valence electrons. The average Bonchev–Trinajstić information content (AvgIpc) is 2.56. The summed E-state index contributed by atoms with van der Waals surface area (Å²) in [6.07, 6.45) is 0. The van der Waals surface area contributed by atoms with Gasteiger partial charge in [0.2, 0.25) is 0 Å². The van der Waals surface area contributed by atoms with E-state index in [2.05, 4.69) is 19.6 Å². The number of ether oxygens (including phenoxy) is 1. The van der Waals surface area contributed by atoms with E-state index in [4.69, 9.17) is 4.74 Å². The van der Waals surface area contributed by atoms with Gasteiger partial charge < -0.3 is 10.5 Å². The van der Waals surface area contributed by atoms with Crippen molar-refractivity contribution >= 4 is 9.84 Å². The first-order chi connectivity index (χ1) is 10.9. The minimum absolute atomic E-state index is 0.287. The molecule has 0 spiro atoms. The third-order valence-corrected chi connectivity index (χ3v) is 6.19. The van der Waals surface area contributed by atoms with E-state index in [9.17, 15) is 8.42 Å². The fraction of sp³-hybridized carbons (Fsp3) is 0.333. The molecular formula is C18H24NO3S+. The molecule has 2 rings (SSSR count). The molecule has 0 aliphatic carbocycles. The number of methoxy groups -OCH3 is 1. The Bertz CT molecular complexity index is 735. The van der Waals surface area contributed by atoms with Gasteiger partial charge in [-0.25, -0.2) is 8.42 Å². The zero-order valence-corrected chi connectivity index (χ0v) is 14.6. The molecule has 0 unspecified atom stereocenters. The molecule has 0 aliphatic heterocycles. The van der Waals surface area contributed by atoms with E-state index >= 15 is 0 Å². The van der Waals surface area contributed by atoms with E-state index in [1.807, 2.05) is 24.3 Å². The van der Waals surface area contributed by atoms with Crippen molar-refractivity contribution in [2.24, 2.45) is 0 Å². The molecule has 5 heteroatoms. The highest BCUT2D eigenvalue weighted by atomic mass is 32.2. The minimum atomic E-state index is -3.48. The highest BCUT2D eigenvalue weighted by Gasteiger charge is 2.29. The van der Waals surface area contributed by atoms with Gasteiger partial charge in [-0.05, 0) is 41.3 Å². The molecule has 23 heavy (non-hydrogen) atoms. The molecular weight excluding hydrogens is 310 g/mol. The lowest BCUT2D eigenvalue weighted by molar-refractivity contribution is -0.367. The maximum absolute atomic E-state index is 12.9. The monoisotopic (exact) mass is 334 g/mol. The number of benzene rings is 2. The van der Waals surface area contributed by atoms with E-state index in [1.165, 1.54) is 5.56 Å². The highest BCUT2D eigenvalue weighted by Crippen LogP contribution is 2.29. The summed E-state index contributed by atoms with van der Waals surface area (Å²) in [5, 5.41) is -0.642. The quantitative estimate of drug-likeness (QED) is 0.882. The van der Waals surface area contributed by atoms with E-state index in [0.717, 1.165) is 5.56 Å². The maximum Gasteiger partial charge on any atom is 0.190 e. The standard InChI is InChI=1S/C18H23NO3S/c1-13(2)14-4-6-15(7-5-14)18(12-19)23(20,21)17-10-8-16(22-3)9-11-17/h4-11,13,18H,12,19H2,1-3H3/p+1/t18-/m0/s1. The van der Waals surface area contributed by atoms with Crippen LogP contribution in [-0.2, 0) is 9.84 Å². The summed E-state index contributed by atoms with van der Waals surface area (Å²) in [4.78, 5) is 0.292. The lowest BCUT2D eigenvalue weighted by Gasteiger charge is -2.16. The summed E-state index contributed by atoms with van der Waals surface area (Å²) < 4.78 is 30.9. The van der Waals surface area contributed by atoms with Crippen LogP contribution in [0, 0.1) is 0 Å². The van der Waals surface area contributed by atoms with Crippen molar-refractivity contribution in [3.63, 3.8) is 0 Å². The second-order valence-electron chi connectivity index (χ2n) is 5.82. The molecule has 0 aromatic heterocycles. The Balaban J connectivity index is 2.37. The van der Waals surface area contributed by atoms with Crippen molar-refractivity contribution in [3.8, 4) is 5.75 Å². The minimum Gasteiger partial charge on any atom is -0.497 e. The summed E-state index contributed by atoms with van der Waals surface area (Å²) in [5.41, 5.74) is 5.81. The number of rotatable bonds is 6. The van der Waals surface area contributed by atoms with Crippen molar-refractivity contribution in [1.82, 2.24) is 0 Å². The molecule has 0 amide bonds.